The number of H-pyrrole nitrogens is 1. The van der Waals surface area contributed by atoms with E-state index in [1.807, 2.05) is 20.8 Å². The Labute approximate surface area is 121 Å². The van der Waals surface area contributed by atoms with Crippen molar-refractivity contribution in [1.29, 1.82) is 0 Å². The van der Waals surface area contributed by atoms with Crippen molar-refractivity contribution in [3.63, 3.8) is 0 Å². The van der Waals surface area contributed by atoms with Gasteiger partial charge in [0.05, 0.1) is 0 Å². The van der Waals surface area contributed by atoms with E-state index in [1.165, 1.54) is 4.57 Å². The molecule has 8 nitrogen and oxygen atoms in total. The van der Waals surface area contributed by atoms with E-state index in [9.17, 15) is 9.59 Å². The number of aryl methyl sites for hydroxylation is 2. The number of rotatable bonds is 5. The topological polar surface area (TPSA) is 97.1 Å². The van der Waals surface area contributed by atoms with Crippen molar-refractivity contribution in [1.82, 2.24) is 19.1 Å². The van der Waals surface area contributed by atoms with Gasteiger partial charge in [-0.1, -0.05) is 13.8 Å². The molecule has 0 saturated heterocycles. The summed E-state index contributed by atoms with van der Waals surface area (Å²) < 4.78 is 3.07. The maximum absolute atomic E-state index is 12.1. The van der Waals surface area contributed by atoms with Crippen LogP contribution in [-0.4, -0.2) is 24.8 Å². The van der Waals surface area contributed by atoms with Gasteiger partial charge in [0.25, 0.3) is 5.56 Å². The van der Waals surface area contributed by atoms with Crippen molar-refractivity contribution in [2.75, 3.05) is 5.43 Å². The van der Waals surface area contributed by atoms with Crippen LogP contribution in [0.5, 0.6) is 0 Å². The average molecular weight is 292 g/mol. The molecule has 0 unspecified atom stereocenters. The lowest BCUT2D eigenvalue weighted by Gasteiger charge is -2.06. The molecule has 0 aromatic carbocycles. The summed E-state index contributed by atoms with van der Waals surface area (Å²) in [6, 6.07) is 0. The van der Waals surface area contributed by atoms with E-state index in [4.69, 9.17) is 0 Å². The lowest BCUT2D eigenvalue weighted by atomic mass is 10.3. The van der Waals surface area contributed by atoms with Gasteiger partial charge in [0.15, 0.2) is 11.2 Å². The number of hydrogen-bond donors (Lipinski definition) is 2. The van der Waals surface area contributed by atoms with Crippen molar-refractivity contribution in [3.05, 3.63) is 20.8 Å². The molecular formula is C13H20N6O2. The second-order valence-electron chi connectivity index (χ2n) is 4.89. The van der Waals surface area contributed by atoms with E-state index in [1.54, 1.807) is 11.6 Å². The molecule has 2 heterocycles. The Balaban J connectivity index is 2.68. The minimum Gasteiger partial charge on any atom is -0.303 e. The summed E-state index contributed by atoms with van der Waals surface area (Å²) in [4.78, 5) is 30.4. The van der Waals surface area contributed by atoms with Crippen molar-refractivity contribution in [2.45, 2.75) is 40.2 Å². The van der Waals surface area contributed by atoms with E-state index < -0.39 is 11.2 Å². The molecule has 2 aromatic rings. The summed E-state index contributed by atoms with van der Waals surface area (Å²) in [5.41, 5.74) is 3.63. The average Bonchev–Trinajstić information content (AvgIpc) is 2.82. The zero-order chi connectivity index (χ0) is 15.6. The highest BCUT2D eigenvalue weighted by molar-refractivity contribution is 5.82. The molecule has 0 amide bonds. The Morgan fingerprint density at radius 1 is 1.38 bits per heavy atom. The zero-order valence-electron chi connectivity index (χ0n) is 12.7. The quantitative estimate of drug-likeness (QED) is 0.635. The molecule has 0 aliphatic heterocycles. The minimum absolute atomic E-state index is 0.351. The van der Waals surface area contributed by atoms with E-state index in [0.29, 0.717) is 23.7 Å². The van der Waals surface area contributed by atoms with Gasteiger partial charge in [0.1, 0.15) is 0 Å². The van der Waals surface area contributed by atoms with Crippen LogP contribution in [0, 0.1) is 0 Å². The predicted octanol–water partition coefficient (Wildman–Crippen LogP) is 1.03. The Kier molecular flexibility index (Phi) is 4.25. The van der Waals surface area contributed by atoms with Crippen LogP contribution >= 0.6 is 0 Å². The highest BCUT2D eigenvalue weighted by Crippen LogP contribution is 2.15. The summed E-state index contributed by atoms with van der Waals surface area (Å²) in [6.07, 6.45) is 1.65. The van der Waals surface area contributed by atoms with E-state index >= 15 is 0 Å². The summed E-state index contributed by atoms with van der Waals surface area (Å²) >= 11 is 0. The number of nitrogens with one attached hydrogen (secondary N) is 2. The van der Waals surface area contributed by atoms with Crippen LogP contribution < -0.4 is 16.7 Å². The van der Waals surface area contributed by atoms with E-state index in [0.717, 1.165) is 18.6 Å². The summed E-state index contributed by atoms with van der Waals surface area (Å²) in [6.45, 7) is 6.53. The molecule has 2 rings (SSSR count). The van der Waals surface area contributed by atoms with Crippen LogP contribution in [0.3, 0.4) is 0 Å². The van der Waals surface area contributed by atoms with Gasteiger partial charge in [-0.15, -0.1) is 0 Å². The monoisotopic (exact) mass is 292 g/mol. The molecule has 0 aliphatic carbocycles. The predicted molar refractivity (Wildman–Crippen MR) is 82.9 cm³/mol. The zero-order valence-corrected chi connectivity index (χ0v) is 12.7. The number of nitrogens with zero attached hydrogens (tertiary/aromatic N) is 4. The SMILES string of the molecule is CCCn1c(N/N=C(/C)CC)nc2c1c(=O)[nH]c(=O)n2C. The number of imidazole rings is 1. The number of hydrazone groups is 1. The van der Waals surface area contributed by atoms with Gasteiger partial charge in [-0.3, -0.25) is 14.3 Å². The van der Waals surface area contributed by atoms with Gasteiger partial charge in [-0.25, -0.2) is 10.2 Å². The van der Waals surface area contributed by atoms with Crippen LogP contribution in [0.4, 0.5) is 5.95 Å². The van der Waals surface area contributed by atoms with Crippen LogP contribution in [0.15, 0.2) is 14.7 Å². The summed E-state index contributed by atoms with van der Waals surface area (Å²) in [5, 5.41) is 4.22. The molecule has 0 spiro atoms. The normalized spacial score (nSPS) is 12.1. The third-order valence-corrected chi connectivity index (χ3v) is 3.31. The number of aromatic amines is 1. The second-order valence-corrected chi connectivity index (χ2v) is 4.89. The first-order chi connectivity index (χ1) is 9.99. The highest BCUT2D eigenvalue weighted by Gasteiger charge is 2.16. The molecule has 8 heteroatoms. The number of anilines is 1. The van der Waals surface area contributed by atoms with Gasteiger partial charge >= 0.3 is 5.69 Å². The highest BCUT2D eigenvalue weighted by atomic mass is 16.2. The molecule has 2 N–H and O–H groups in total. The number of hydrogen-bond acceptors (Lipinski definition) is 5. The molecule has 0 saturated carbocycles. The van der Waals surface area contributed by atoms with Gasteiger partial charge in [-0.05, 0) is 19.8 Å². The molecule has 0 fully saturated rings. The van der Waals surface area contributed by atoms with Crippen LogP contribution in [0.25, 0.3) is 11.2 Å². The maximum atomic E-state index is 12.1. The van der Waals surface area contributed by atoms with Gasteiger partial charge < -0.3 is 4.57 Å². The van der Waals surface area contributed by atoms with Crippen LogP contribution in [0.2, 0.25) is 0 Å². The number of aromatic nitrogens is 4. The lowest BCUT2D eigenvalue weighted by Crippen LogP contribution is -2.29. The van der Waals surface area contributed by atoms with Gasteiger partial charge in [0, 0.05) is 19.3 Å². The first-order valence-electron chi connectivity index (χ1n) is 6.98. The standard InChI is InChI=1S/C13H20N6O2/c1-5-7-19-9-10(18(4)13(21)15-11(9)20)14-12(19)17-16-8(3)6-2/h5-7H2,1-4H3,(H,14,17)(H,15,20,21)/b16-8-. The van der Waals surface area contributed by atoms with Gasteiger partial charge in [0.2, 0.25) is 5.95 Å². The number of fused-ring (bicyclic) bond motifs is 1. The largest absolute Gasteiger partial charge is 0.329 e. The first kappa shape index (κ1) is 15.0. The second kappa shape index (κ2) is 5.94. The fraction of sp³-hybridized carbons (Fsp3) is 0.538. The molecule has 2 aromatic heterocycles. The summed E-state index contributed by atoms with van der Waals surface area (Å²) in [7, 11) is 1.58. The van der Waals surface area contributed by atoms with Crippen molar-refractivity contribution in [3.8, 4) is 0 Å². The fourth-order valence-electron chi connectivity index (χ4n) is 1.99. The molecule has 114 valence electrons. The van der Waals surface area contributed by atoms with Crippen LogP contribution in [-0.2, 0) is 13.6 Å². The molecule has 0 radical (unpaired) electrons. The molecule has 21 heavy (non-hydrogen) atoms. The van der Waals surface area contributed by atoms with Crippen molar-refractivity contribution >= 4 is 22.8 Å². The lowest BCUT2D eigenvalue weighted by molar-refractivity contribution is 0.698. The smallest absolute Gasteiger partial charge is 0.303 e. The van der Waals surface area contributed by atoms with E-state index in [-0.39, 0.29) is 0 Å². The summed E-state index contributed by atoms with van der Waals surface area (Å²) in [5.74, 6) is 0.464. The first-order valence-corrected chi connectivity index (χ1v) is 6.98. The molecule has 0 atom stereocenters. The third-order valence-electron chi connectivity index (χ3n) is 3.31. The minimum atomic E-state index is -0.478. The maximum Gasteiger partial charge on any atom is 0.329 e. The fourth-order valence-corrected chi connectivity index (χ4v) is 1.99. The Bertz CT molecular complexity index is 795. The van der Waals surface area contributed by atoms with Crippen LogP contribution in [0.1, 0.15) is 33.6 Å². The molecular weight excluding hydrogens is 272 g/mol. The Morgan fingerprint density at radius 3 is 2.71 bits per heavy atom. The third kappa shape index (κ3) is 2.74. The molecule has 0 aliphatic rings. The van der Waals surface area contributed by atoms with E-state index in [2.05, 4.69) is 20.5 Å². The Morgan fingerprint density at radius 2 is 2.10 bits per heavy atom. The molecule has 0 bridgehead atoms. The van der Waals surface area contributed by atoms with Crippen molar-refractivity contribution < 1.29 is 0 Å². The Hall–Kier alpha value is -2.38. The van der Waals surface area contributed by atoms with Crippen molar-refractivity contribution in [2.24, 2.45) is 12.1 Å². The van der Waals surface area contributed by atoms with Gasteiger partial charge in [-0.2, -0.15) is 10.1 Å².